The summed E-state index contributed by atoms with van der Waals surface area (Å²) in [5, 5.41) is 0. The molecule has 3 nitrogen and oxygen atoms in total. The van der Waals surface area contributed by atoms with Crippen LogP contribution in [0.3, 0.4) is 0 Å². The molecule has 1 atom stereocenters. The van der Waals surface area contributed by atoms with Crippen molar-refractivity contribution in [3.05, 3.63) is 58.0 Å². The molecule has 0 fully saturated rings. The summed E-state index contributed by atoms with van der Waals surface area (Å²) in [5.41, 5.74) is 6.15. The van der Waals surface area contributed by atoms with Gasteiger partial charge in [0.15, 0.2) is 4.67 Å². The lowest BCUT2D eigenvalue weighted by Gasteiger charge is -2.17. The lowest BCUT2D eigenvalue weighted by atomic mass is 9.97. The molecule has 2 aromatic rings. The molecule has 16 heavy (non-hydrogen) atoms. The maximum atomic E-state index is 5.62. The van der Waals surface area contributed by atoms with Crippen LogP contribution in [0.4, 0.5) is 0 Å². The van der Waals surface area contributed by atoms with Crippen molar-refractivity contribution in [2.24, 2.45) is 5.84 Å². The molecule has 0 amide bonds. The van der Waals surface area contributed by atoms with E-state index in [-0.39, 0.29) is 6.04 Å². The number of hydrazine groups is 1. The summed E-state index contributed by atoms with van der Waals surface area (Å²) in [7, 11) is 0. The molecule has 0 aliphatic heterocycles. The SMILES string of the molecule is Cc1ccccc1C(NN)c1ccoc1Br. The van der Waals surface area contributed by atoms with Crippen molar-refractivity contribution < 1.29 is 4.42 Å². The molecule has 0 saturated heterocycles. The van der Waals surface area contributed by atoms with Gasteiger partial charge in [0.1, 0.15) is 0 Å². The second kappa shape index (κ2) is 4.82. The van der Waals surface area contributed by atoms with E-state index in [2.05, 4.69) is 40.4 Å². The van der Waals surface area contributed by atoms with E-state index in [0.29, 0.717) is 4.67 Å². The Morgan fingerprint density at radius 2 is 2.00 bits per heavy atom. The average molecular weight is 281 g/mol. The molecular formula is C12H13BrN2O. The summed E-state index contributed by atoms with van der Waals surface area (Å²) >= 11 is 3.37. The first kappa shape index (κ1) is 11.4. The number of halogens is 1. The molecule has 1 aromatic heterocycles. The molecule has 1 aromatic carbocycles. The van der Waals surface area contributed by atoms with Crippen LogP contribution < -0.4 is 11.3 Å². The molecule has 2 rings (SSSR count). The predicted molar refractivity (Wildman–Crippen MR) is 66.8 cm³/mol. The molecule has 1 heterocycles. The lowest BCUT2D eigenvalue weighted by molar-refractivity contribution is 0.526. The van der Waals surface area contributed by atoms with Gasteiger partial charge < -0.3 is 4.42 Å². The Hall–Kier alpha value is -1.10. The van der Waals surface area contributed by atoms with Crippen LogP contribution in [0.15, 0.2) is 45.7 Å². The van der Waals surface area contributed by atoms with Crippen molar-refractivity contribution in [2.45, 2.75) is 13.0 Å². The van der Waals surface area contributed by atoms with Crippen LogP contribution >= 0.6 is 15.9 Å². The van der Waals surface area contributed by atoms with Crippen LogP contribution in [0, 0.1) is 6.92 Å². The smallest absolute Gasteiger partial charge is 0.174 e. The topological polar surface area (TPSA) is 51.2 Å². The Bertz CT molecular complexity index is 481. The van der Waals surface area contributed by atoms with Crippen molar-refractivity contribution in [3.63, 3.8) is 0 Å². The van der Waals surface area contributed by atoms with Crippen LogP contribution in [0.25, 0.3) is 0 Å². The van der Waals surface area contributed by atoms with Gasteiger partial charge in [0.05, 0.1) is 12.3 Å². The maximum absolute atomic E-state index is 5.62. The number of rotatable bonds is 3. The Morgan fingerprint density at radius 1 is 1.25 bits per heavy atom. The Labute approximate surface area is 103 Å². The van der Waals surface area contributed by atoms with Crippen molar-refractivity contribution in [3.8, 4) is 0 Å². The van der Waals surface area contributed by atoms with Gasteiger partial charge in [0.2, 0.25) is 0 Å². The first-order chi connectivity index (χ1) is 7.74. The molecule has 0 saturated carbocycles. The van der Waals surface area contributed by atoms with Crippen molar-refractivity contribution in [1.82, 2.24) is 5.43 Å². The average Bonchev–Trinajstić information content (AvgIpc) is 2.69. The van der Waals surface area contributed by atoms with Crippen molar-refractivity contribution >= 4 is 15.9 Å². The highest BCUT2D eigenvalue weighted by Gasteiger charge is 2.18. The minimum absolute atomic E-state index is 0.0608. The van der Waals surface area contributed by atoms with E-state index in [0.717, 1.165) is 11.1 Å². The number of furan rings is 1. The zero-order valence-electron chi connectivity index (χ0n) is 8.91. The van der Waals surface area contributed by atoms with Crippen LogP contribution in [0.2, 0.25) is 0 Å². The van der Waals surface area contributed by atoms with Crippen LogP contribution in [0.5, 0.6) is 0 Å². The second-order valence-electron chi connectivity index (χ2n) is 3.61. The third-order valence-corrected chi connectivity index (χ3v) is 3.27. The lowest BCUT2D eigenvalue weighted by Crippen LogP contribution is -2.29. The Kier molecular flexibility index (Phi) is 3.43. The normalized spacial score (nSPS) is 12.7. The molecule has 1 unspecified atom stereocenters. The Morgan fingerprint density at radius 3 is 2.56 bits per heavy atom. The number of nitrogens with one attached hydrogen (secondary N) is 1. The molecule has 84 valence electrons. The van der Waals surface area contributed by atoms with E-state index >= 15 is 0 Å². The fourth-order valence-corrected chi connectivity index (χ4v) is 2.24. The minimum Gasteiger partial charge on any atom is -0.457 e. The van der Waals surface area contributed by atoms with E-state index in [4.69, 9.17) is 10.3 Å². The van der Waals surface area contributed by atoms with E-state index in [1.807, 2.05) is 18.2 Å². The predicted octanol–water partition coefficient (Wildman–Crippen LogP) is 2.90. The Balaban J connectivity index is 2.45. The van der Waals surface area contributed by atoms with Gasteiger partial charge in [-0.25, -0.2) is 5.43 Å². The van der Waals surface area contributed by atoms with E-state index in [1.165, 1.54) is 5.56 Å². The summed E-state index contributed by atoms with van der Waals surface area (Å²) in [6.07, 6.45) is 1.64. The molecule has 0 radical (unpaired) electrons. The minimum atomic E-state index is -0.0608. The third kappa shape index (κ3) is 2.04. The number of benzene rings is 1. The molecular weight excluding hydrogens is 268 g/mol. The molecule has 4 heteroatoms. The third-order valence-electron chi connectivity index (χ3n) is 2.62. The van der Waals surface area contributed by atoms with Gasteiger partial charge >= 0.3 is 0 Å². The first-order valence-electron chi connectivity index (χ1n) is 4.98. The number of hydrogen-bond acceptors (Lipinski definition) is 3. The molecule has 0 bridgehead atoms. The first-order valence-corrected chi connectivity index (χ1v) is 5.78. The van der Waals surface area contributed by atoms with Crippen molar-refractivity contribution in [1.29, 1.82) is 0 Å². The van der Waals surface area contributed by atoms with E-state index < -0.39 is 0 Å². The van der Waals surface area contributed by atoms with Gasteiger partial charge in [-0.05, 0) is 40.0 Å². The molecule has 3 N–H and O–H groups in total. The van der Waals surface area contributed by atoms with Crippen LogP contribution in [0.1, 0.15) is 22.7 Å². The van der Waals surface area contributed by atoms with Crippen LogP contribution in [-0.4, -0.2) is 0 Å². The summed E-state index contributed by atoms with van der Waals surface area (Å²) in [5.74, 6) is 5.62. The summed E-state index contributed by atoms with van der Waals surface area (Å²) in [4.78, 5) is 0. The summed E-state index contributed by atoms with van der Waals surface area (Å²) < 4.78 is 5.94. The van der Waals surface area contributed by atoms with Gasteiger partial charge in [0, 0.05) is 5.56 Å². The highest BCUT2D eigenvalue weighted by molar-refractivity contribution is 9.10. The largest absolute Gasteiger partial charge is 0.457 e. The number of nitrogens with two attached hydrogens (primary N) is 1. The van der Waals surface area contributed by atoms with Crippen LogP contribution in [-0.2, 0) is 0 Å². The molecule has 0 aliphatic carbocycles. The standard InChI is InChI=1S/C12H13BrN2O/c1-8-4-2-3-5-9(8)11(15-14)10-6-7-16-12(10)13/h2-7,11,15H,14H2,1H3. The highest BCUT2D eigenvalue weighted by Crippen LogP contribution is 2.30. The van der Waals surface area contributed by atoms with E-state index in [1.54, 1.807) is 6.26 Å². The number of aryl methyl sites for hydroxylation is 1. The van der Waals surface area contributed by atoms with Gasteiger partial charge in [-0.1, -0.05) is 24.3 Å². The monoisotopic (exact) mass is 280 g/mol. The molecule has 0 spiro atoms. The summed E-state index contributed by atoms with van der Waals surface area (Å²) in [6, 6.07) is 9.97. The fraction of sp³-hybridized carbons (Fsp3) is 0.167. The van der Waals surface area contributed by atoms with Crippen molar-refractivity contribution in [2.75, 3.05) is 0 Å². The summed E-state index contributed by atoms with van der Waals surface area (Å²) in [6.45, 7) is 2.06. The zero-order valence-corrected chi connectivity index (χ0v) is 10.5. The fourth-order valence-electron chi connectivity index (χ4n) is 1.77. The number of hydrogen-bond donors (Lipinski definition) is 2. The van der Waals surface area contributed by atoms with Gasteiger partial charge in [0.25, 0.3) is 0 Å². The highest BCUT2D eigenvalue weighted by atomic mass is 79.9. The second-order valence-corrected chi connectivity index (χ2v) is 4.33. The maximum Gasteiger partial charge on any atom is 0.174 e. The van der Waals surface area contributed by atoms with E-state index in [9.17, 15) is 0 Å². The quantitative estimate of drug-likeness (QED) is 0.672. The molecule has 0 aliphatic rings. The van der Waals surface area contributed by atoms with Gasteiger partial charge in [-0.3, -0.25) is 5.84 Å². The zero-order chi connectivity index (χ0) is 11.5. The van der Waals surface area contributed by atoms with Gasteiger partial charge in [-0.2, -0.15) is 0 Å². The van der Waals surface area contributed by atoms with Gasteiger partial charge in [-0.15, -0.1) is 0 Å².